The molecule has 0 saturated carbocycles. The Hall–Kier alpha value is -1.50. The van der Waals surface area contributed by atoms with Crippen LogP contribution < -0.4 is 10.6 Å². The summed E-state index contributed by atoms with van der Waals surface area (Å²) in [6, 6.07) is 1.13. The third kappa shape index (κ3) is 8.41. The molecule has 0 atom stereocenters. The van der Waals surface area contributed by atoms with Crippen molar-refractivity contribution in [2.75, 3.05) is 39.3 Å². The van der Waals surface area contributed by atoms with E-state index in [0.29, 0.717) is 18.0 Å². The zero-order chi connectivity index (χ0) is 21.4. The SMILES string of the molecule is CCNC(=NCC1CCN(C(=O)OC(C)(C)C)CC1)NC1CCN(C(C)C)CC1. The summed E-state index contributed by atoms with van der Waals surface area (Å²) in [5, 5.41) is 7.03. The Labute approximate surface area is 177 Å². The number of carbonyl (C=O) groups is 1. The van der Waals surface area contributed by atoms with E-state index in [2.05, 4.69) is 36.3 Å². The third-order valence-electron chi connectivity index (χ3n) is 5.72. The van der Waals surface area contributed by atoms with Gasteiger partial charge in [0.15, 0.2) is 5.96 Å². The average molecular weight is 410 g/mol. The number of likely N-dealkylation sites (tertiary alicyclic amines) is 2. The highest BCUT2D eigenvalue weighted by atomic mass is 16.6. The highest BCUT2D eigenvalue weighted by molar-refractivity contribution is 5.80. The van der Waals surface area contributed by atoms with Gasteiger partial charge in [-0.05, 0) is 73.1 Å². The Morgan fingerprint density at radius 2 is 1.72 bits per heavy atom. The molecule has 0 radical (unpaired) electrons. The van der Waals surface area contributed by atoms with Crippen molar-refractivity contribution in [3.63, 3.8) is 0 Å². The Morgan fingerprint density at radius 3 is 2.24 bits per heavy atom. The van der Waals surface area contributed by atoms with Crippen LogP contribution in [0.1, 0.15) is 67.2 Å². The quantitative estimate of drug-likeness (QED) is 0.539. The predicted octanol–water partition coefficient (Wildman–Crippen LogP) is 3.06. The summed E-state index contributed by atoms with van der Waals surface area (Å²) < 4.78 is 5.49. The lowest BCUT2D eigenvalue weighted by Crippen LogP contribution is -2.50. The van der Waals surface area contributed by atoms with E-state index >= 15 is 0 Å². The molecule has 0 spiro atoms. The van der Waals surface area contributed by atoms with Crippen molar-refractivity contribution in [2.24, 2.45) is 10.9 Å². The Balaban J connectivity index is 1.77. The van der Waals surface area contributed by atoms with E-state index in [4.69, 9.17) is 9.73 Å². The molecule has 2 N–H and O–H groups in total. The number of nitrogens with one attached hydrogen (secondary N) is 2. The molecule has 2 rings (SSSR count). The second-order valence-electron chi connectivity index (χ2n) is 9.68. The fraction of sp³-hybridized carbons (Fsp3) is 0.909. The van der Waals surface area contributed by atoms with Crippen LogP contribution in [0.25, 0.3) is 0 Å². The molecule has 29 heavy (non-hydrogen) atoms. The standard InChI is InChI=1S/C22H43N5O2/c1-7-23-20(25-19-10-14-26(15-11-19)17(2)3)24-16-18-8-12-27(13-9-18)21(28)29-22(4,5)6/h17-19H,7-16H2,1-6H3,(H2,23,24,25). The van der Waals surface area contributed by atoms with E-state index in [-0.39, 0.29) is 6.09 Å². The molecular formula is C22H43N5O2. The summed E-state index contributed by atoms with van der Waals surface area (Å²) in [5.41, 5.74) is -0.435. The predicted molar refractivity (Wildman–Crippen MR) is 119 cm³/mol. The first-order valence-corrected chi connectivity index (χ1v) is 11.4. The highest BCUT2D eigenvalue weighted by Gasteiger charge is 2.27. The molecule has 0 unspecified atom stereocenters. The van der Waals surface area contributed by atoms with Crippen LogP contribution >= 0.6 is 0 Å². The topological polar surface area (TPSA) is 69.2 Å². The molecule has 0 aromatic rings. The van der Waals surface area contributed by atoms with Crippen LogP contribution in [0.4, 0.5) is 4.79 Å². The smallest absolute Gasteiger partial charge is 0.410 e. The van der Waals surface area contributed by atoms with Gasteiger partial charge in [-0.15, -0.1) is 0 Å². The number of ether oxygens (including phenoxy) is 1. The number of carbonyl (C=O) groups excluding carboxylic acids is 1. The van der Waals surface area contributed by atoms with E-state index in [1.165, 1.54) is 0 Å². The summed E-state index contributed by atoms with van der Waals surface area (Å²) in [5.74, 6) is 1.46. The molecule has 7 nitrogen and oxygen atoms in total. The van der Waals surface area contributed by atoms with Gasteiger partial charge in [0, 0.05) is 51.4 Å². The average Bonchev–Trinajstić information content (AvgIpc) is 2.66. The minimum absolute atomic E-state index is 0.192. The number of nitrogens with zero attached hydrogens (tertiary/aromatic N) is 3. The Kier molecular flexibility index (Phi) is 9.05. The number of amides is 1. The molecule has 2 aliphatic heterocycles. The number of piperidine rings is 2. The highest BCUT2D eigenvalue weighted by Crippen LogP contribution is 2.20. The van der Waals surface area contributed by atoms with Crippen molar-refractivity contribution in [1.82, 2.24) is 20.4 Å². The minimum atomic E-state index is -0.435. The van der Waals surface area contributed by atoms with Gasteiger partial charge in [0.25, 0.3) is 0 Å². The fourth-order valence-electron chi connectivity index (χ4n) is 3.92. The van der Waals surface area contributed by atoms with E-state index in [9.17, 15) is 4.79 Å². The molecular weight excluding hydrogens is 366 g/mol. The van der Waals surface area contributed by atoms with Gasteiger partial charge in [0.05, 0.1) is 0 Å². The summed E-state index contributed by atoms with van der Waals surface area (Å²) in [7, 11) is 0. The number of rotatable bonds is 5. The fourth-order valence-corrected chi connectivity index (χ4v) is 3.92. The van der Waals surface area contributed by atoms with Crippen LogP contribution in [0, 0.1) is 5.92 Å². The second-order valence-corrected chi connectivity index (χ2v) is 9.68. The molecule has 7 heteroatoms. The van der Waals surface area contributed by atoms with Crippen molar-refractivity contribution in [1.29, 1.82) is 0 Å². The molecule has 0 aromatic carbocycles. The number of aliphatic imine (C=N–C) groups is 1. The maximum atomic E-state index is 12.2. The summed E-state index contributed by atoms with van der Waals surface area (Å²) in [6.45, 7) is 17.9. The van der Waals surface area contributed by atoms with Crippen molar-refractivity contribution in [3.05, 3.63) is 0 Å². The van der Waals surface area contributed by atoms with Crippen LogP contribution in [0.15, 0.2) is 4.99 Å². The summed E-state index contributed by atoms with van der Waals surface area (Å²) >= 11 is 0. The van der Waals surface area contributed by atoms with Gasteiger partial charge < -0.3 is 25.2 Å². The zero-order valence-electron chi connectivity index (χ0n) is 19.5. The molecule has 2 fully saturated rings. The third-order valence-corrected chi connectivity index (χ3v) is 5.72. The van der Waals surface area contributed by atoms with Crippen LogP contribution in [-0.2, 0) is 4.74 Å². The Bertz CT molecular complexity index is 528. The minimum Gasteiger partial charge on any atom is -0.444 e. The summed E-state index contributed by atoms with van der Waals surface area (Å²) in [6.07, 6.45) is 4.10. The van der Waals surface area contributed by atoms with Gasteiger partial charge in [-0.3, -0.25) is 4.99 Å². The van der Waals surface area contributed by atoms with Gasteiger partial charge in [-0.1, -0.05) is 0 Å². The number of hydrogen-bond acceptors (Lipinski definition) is 4. The molecule has 0 aromatic heterocycles. The van der Waals surface area contributed by atoms with Crippen LogP contribution in [-0.4, -0.2) is 78.8 Å². The molecule has 2 saturated heterocycles. The molecule has 1 amide bonds. The number of hydrogen-bond donors (Lipinski definition) is 2. The van der Waals surface area contributed by atoms with Crippen molar-refractivity contribution in [2.45, 2.75) is 84.9 Å². The largest absolute Gasteiger partial charge is 0.444 e. The van der Waals surface area contributed by atoms with Crippen molar-refractivity contribution in [3.8, 4) is 0 Å². The first-order chi connectivity index (χ1) is 13.7. The summed E-state index contributed by atoms with van der Waals surface area (Å²) in [4.78, 5) is 21.4. The van der Waals surface area contributed by atoms with E-state index in [0.717, 1.165) is 70.9 Å². The monoisotopic (exact) mass is 409 g/mol. The second kappa shape index (κ2) is 11.0. The molecule has 168 valence electrons. The molecule has 2 aliphatic rings. The molecule has 0 aliphatic carbocycles. The maximum absolute atomic E-state index is 12.2. The Morgan fingerprint density at radius 1 is 1.10 bits per heavy atom. The van der Waals surface area contributed by atoms with Gasteiger partial charge in [0.2, 0.25) is 0 Å². The van der Waals surface area contributed by atoms with E-state index in [1.807, 2.05) is 25.7 Å². The maximum Gasteiger partial charge on any atom is 0.410 e. The lowest BCUT2D eigenvalue weighted by molar-refractivity contribution is 0.0187. The number of guanidine groups is 1. The lowest BCUT2D eigenvalue weighted by atomic mass is 9.97. The zero-order valence-corrected chi connectivity index (χ0v) is 19.5. The molecule has 0 bridgehead atoms. The van der Waals surface area contributed by atoms with Gasteiger partial charge in [-0.25, -0.2) is 4.79 Å². The van der Waals surface area contributed by atoms with Crippen LogP contribution in [0.2, 0.25) is 0 Å². The van der Waals surface area contributed by atoms with Gasteiger partial charge >= 0.3 is 6.09 Å². The lowest BCUT2D eigenvalue weighted by Gasteiger charge is -2.35. The first-order valence-electron chi connectivity index (χ1n) is 11.4. The van der Waals surface area contributed by atoms with Crippen LogP contribution in [0.5, 0.6) is 0 Å². The van der Waals surface area contributed by atoms with E-state index in [1.54, 1.807) is 0 Å². The van der Waals surface area contributed by atoms with Crippen molar-refractivity contribution < 1.29 is 9.53 Å². The van der Waals surface area contributed by atoms with Gasteiger partial charge in [-0.2, -0.15) is 0 Å². The first kappa shape index (κ1) is 23.8. The van der Waals surface area contributed by atoms with Gasteiger partial charge in [0.1, 0.15) is 5.60 Å². The van der Waals surface area contributed by atoms with Crippen LogP contribution in [0.3, 0.4) is 0 Å². The van der Waals surface area contributed by atoms with Crippen molar-refractivity contribution >= 4 is 12.1 Å². The normalized spacial score (nSPS) is 20.8. The van der Waals surface area contributed by atoms with E-state index < -0.39 is 5.60 Å². The molecule has 2 heterocycles.